The summed E-state index contributed by atoms with van der Waals surface area (Å²) in [7, 11) is -1.02. The molecule has 0 aliphatic rings. The van der Waals surface area contributed by atoms with Gasteiger partial charge >= 0.3 is 5.97 Å². The normalized spacial score (nSPS) is 10.7. The molecule has 0 aliphatic carbocycles. The van der Waals surface area contributed by atoms with Gasteiger partial charge in [-0.2, -0.15) is 0 Å². The first kappa shape index (κ1) is 25.9. The van der Waals surface area contributed by atoms with Gasteiger partial charge in [-0.15, -0.1) is 0 Å². The maximum absolute atomic E-state index is 12.5. The molecule has 0 unspecified atom stereocenters. The Balaban J connectivity index is 1.85. The second kappa shape index (κ2) is 12.6. The summed E-state index contributed by atoms with van der Waals surface area (Å²) in [6.07, 6.45) is 0.962. The first-order valence-corrected chi connectivity index (χ1v) is 11.4. The SMILES string of the molecule is COCCOC(=O)CCC(=O)NC(=S)Nc1ccc(S(=O)(=O)Nc2cc(OC)ncn2)cc1. The van der Waals surface area contributed by atoms with Crippen LogP contribution in [-0.2, 0) is 29.1 Å². The number of nitrogens with zero attached hydrogens (tertiary/aromatic N) is 2. The number of aromatic nitrogens is 2. The number of carbonyl (C=O) groups is 2. The molecule has 1 heterocycles. The Kier molecular flexibility index (Phi) is 9.90. The number of carbonyl (C=O) groups excluding carboxylic acids is 2. The average molecular weight is 498 g/mol. The standard InChI is InChI=1S/C19H23N5O7S2/c1-29-9-10-31-18(26)8-7-16(25)23-19(32)22-13-3-5-14(6-4-13)33(27,28)24-15-11-17(30-2)21-12-20-15/h3-6,11-12H,7-10H2,1-2H3,(H,20,21,24)(H2,22,23,25,32). The predicted octanol–water partition coefficient (Wildman–Crippen LogP) is 1.07. The third-order valence-electron chi connectivity index (χ3n) is 3.87. The van der Waals surface area contributed by atoms with E-state index in [1.54, 1.807) is 0 Å². The van der Waals surface area contributed by atoms with Crippen molar-refractivity contribution in [2.75, 3.05) is 37.5 Å². The fraction of sp³-hybridized carbons (Fsp3) is 0.316. The maximum Gasteiger partial charge on any atom is 0.306 e. The summed E-state index contributed by atoms with van der Waals surface area (Å²) >= 11 is 5.06. The van der Waals surface area contributed by atoms with E-state index in [-0.39, 0.29) is 47.8 Å². The largest absolute Gasteiger partial charge is 0.481 e. The number of sulfonamides is 1. The van der Waals surface area contributed by atoms with Gasteiger partial charge in [0.2, 0.25) is 11.8 Å². The van der Waals surface area contributed by atoms with Crippen LogP contribution in [0.1, 0.15) is 12.8 Å². The molecular formula is C19H23N5O7S2. The fourth-order valence-corrected chi connectivity index (χ4v) is 3.53. The van der Waals surface area contributed by atoms with Crippen molar-refractivity contribution in [2.24, 2.45) is 0 Å². The highest BCUT2D eigenvalue weighted by atomic mass is 32.2. The number of amides is 1. The number of hydrogen-bond donors (Lipinski definition) is 3. The Labute approximate surface area is 196 Å². The van der Waals surface area contributed by atoms with Crippen molar-refractivity contribution in [3.05, 3.63) is 36.7 Å². The van der Waals surface area contributed by atoms with E-state index in [2.05, 4.69) is 25.3 Å². The number of thiocarbonyl (C=S) groups is 1. The van der Waals surface area contributed by atoms with Crippen LogP contribution in [0.15, 0.2) is 41.6 Å². The van der Waals surface area contributed by atoms with Crippen LogP contribution in [0.5, 0.6) is 5.88 Å². The van der Waals surface area contributed by atoms with Crippen LogP contribution in [0.4, 0.5) is 11.5 Å². The van der Waals surface area contributed by atoms with Gasteiger partial charge in [0.15, 0.2) is 5.11 Å². The minimum Gasteiger partial charge on any atom is -0.481 e. The number of benzene rings is 1. The number of ether oxygens (including phenoxy) is 3. The van der Waals surface area contributed by atoms with Crippen molar-refractivity contribution in [2.45, 2.75) is 17.7 Å². The summed E-state index contributed by atoms with van der Waals surface area (Å²) < 4.78 is 41.9. The molecule has 33 heavy (non-hydrogen) atoms. The minimum absolute atomic E-state index is 0.00503. The van der Waals surface area contributed by atoms with Crippen molar-refractivity contribution in [1.29, 1.82) is 0 Å². The fourth-order valence-electron chi connectivity index (χ4n) is 2.30. The molecule has 1 amide bonds. The lowest BCUT2D eigenvalue weighted by atomic mass is 10.3. The monoisotopic (exact) mass is 497 g/mol. The first-order valence-electron chi connectivity index (χ1n) is 9.48. The van der Waals surface area contributed by atoms with E-state index in [1.807, 2.05) is 0 Å². The Hall–Kier alpha value is -3.36. The zero-order valence-electron chi connectivity index (χ0n) is 17.9. The Morgan fingerprint density at radius 1 is 1.06 bits per heavy atom. The molecule has 0 fully saturated rings. The van der Waals surface area contributed by atoms with Gasteiger partial charge in [0.25, 0.3) is 10.0 Å². The summed E-state index contributed by atoms with van der Waals surface area (Å²) in [6.45, 7) is 0.392. The van der Waals surface area contributed by atoms with Gasteiger partial charge in [-0.3, -0.25) is 14.3 Å². The Morgan fingerprint density at radius 3 is 2.45 bits per heavy atom. The molecule has 12 nitrogen and oxygen atoms in total. The van der Waals surface area contributed by atoms with Crippen LogP contribution < -0.4 is 20.1 Å². The van der Waals surface area contributed by atoms with E-state index in [0.29, 0.717) is 5.69 Å². The predicted molar refractivity (Wildman–Crippen MR) is 122 cm³/mol. The van der Waals surface area contributed by atoms with Crippen LogP contribution in [0.25, 0.3) is 0 Å². The molecule has 0 saturated carbocycles. The molecule has 2 aromatic rings. The molecule has 178 valence electrons. The van der Waals surface area contributed by atoms with Crippen molar-refractivity contribution in [3.8, 4) is 5.88 Å². The summed E-state index contributed by atoms with van der Waals surface area (Å²) in [4.78, 5) is 31.0. The molecule has 0 aliphatic heterocycles. The molecule has 0 radical (unpaired) electrons. The van der Waals surface area contributed by atoms with Gasteiger partial charge in [0.05, 0.1) is 25.0 Å². The zero-order chi connectivity index (χ0) is 24.3. The number of methoxy groups -OCH3 is 2. The number of hydrogen-bond acceptors (Lipinski definition) is 10. The number of nitrogens with one attached hydrogen (secondary N) is 3. The topological polar surface area (TPSA) is 158 Å². The lowest BCUT2D eigenvalue weighted by Crippen LogP contribution is -2.34. The summed E-state index contributed by atoms with van der Waals surface area (Å²) in [6, 6.07) is 6.99. The van der Waals surface area contributed by atoms with E-state index < -0.39 is 21.9 Å². The highest BCUT2D eigenvalue weighted by molar-refractivity contribution is 7.92. The molecular weight excluding hydrogens is 474 g/mol. The van der Waals surface area contributed by atoms with Crippen molar-refractivity contribution < 1.29 is 32.2 Å². The third kappa shape index (κ3) is 8.96. The average Bonchev–Trinajstić information content (AvgIpc) is 2.78. The van der Waals surface area contributed by atoms with Gasteiger partial charge in [0.1, 0.15) is 18.8 Å². The van der Waals surface area contributed by atoms with Gasteiger partial charge in [-0.1, -0.05) is 0 Å². The van der Waals surface area contributed by atoms with Crippen molar-refractivity contribution >= 4 is 50.7 Å². The van der Waals surface area contributed by atoms with Crippen LogP contribution in [0.3, 0.4) is 0 Å². The van der Waals surface area contributed by atoms with Gasteiger partial charge < -0.3 is 24.8 Å². The minimum atomic E-state index is -3.90. The lowest BCUT2D eigenvalue weighted by molar-refractivity contribution is -0.146. The quantitative estimate of drug-likeness (QED) is 0.232. The van der Waals surface area contributed by atoms with E-state index in [0.717, 1.165) is 0 Å². The number of anilines is 2. The molecule has 0 spiro atoms. The second-order valence-electron chi connectivity index (χ2n) is 6.29. The summed E-state index contributed by atoms with van der Waals surface area (Å²) in [5.74, 6) is -0.733. The van der Waals surface area contributed by atoms with E-state index in [1.165, 1.54) is 50.9 Å². The van der Waals surface area contributed by atoms with Crippen LogP contribution in [-0.4, -0.2) is 62.8 Å². The van der Waals surface area contributed by atoms with Crippen LogP contribution in [0.2, 0.25) is 0 Å². The van der Waals surface area contributed by atoms with Crippen molar-refractivity contribution in [1.82, 2.24) is 15.3 Å². The molecule has 0 bridgehead atoms. The lowest BCUT2D eigenvalue weighted by Gasteiger charge is -2.11. The van der Waals surface area contributed by atoms with E-state index in [4.69, 9.17) is 26.4 Å². The van der Waals surface area contributed by atoms with Crippen molar-refractivity contribution in [3.63, 3.8) is 0 Å². The highest BCUT2D eigenvalue weighted by Crippen LogP contribution is 2.18. The summed E-state index contributed by atoms with van der Waals surface area (Å²) in [5, 5.41) is 5.19. The molecule has 0 saturated heterocycles. The smallest absolute Gasteiger partial charge is 0.306 e. The molecule has 14 heteroatoms. The van der Waals surface area contributed by atoms with Gasteiger partial charge in [0, 0.05) is 25.3 Å². The molecule has 3 N–H and O–H groups in total. The van der Waals surface area contributed by atoms with Gasteiger partial charge in [-0.25, -0.2) is 18.4 Å². The highest BCUT2D eigenvalue weighted by Gasteiger charge is 2.16. The van der Waals surface area contributed by atoms with Crippen LogP contribution in [0, 0.1) is 0 Å². The molecule has 1 aromatic heterocycles. The maximum atomic E-state index is 12.5. The Bertz CT molecular complexity index is 1080. The molecule has 1 aromatic carbocycles. The van der Waals surface area contributed by atoms with E-state index >= 15 is 0 Å². The molecule has 2 rings (SSSR count). The zero-order valence-corrected chi connectivity index (χ0v) is 19.5. The summed E-state index contributed by atoms with van der Waals surface area (Å²) in [5.41, 5.74) is 0.446. The van der Waals surface area contributed by atoms with Gasteiger partial charge in [-0.05, 0) is 36.5 Å². The molecule has 0 atom stereocenters. The first-order chi connectivity index (χ1) is 15.7. The third-order valence-corrected chi connectivity index (χ3v) is 5.45. The van der Waals surface area contributed by atoms with E-state index in [9.17, 15) is 18.0 Å². The number of esters is 1. The van der Waals surface area contributed by atoms with Crippen LogP contribution >= 0.6 is 12.2 Å². The Morgan fingerprint density at radius 2 is 1.79 bits per heavy atom. The number of rotatable bonds is 11. The second-order valence-corrected chi connectivity index (χ2v) is 8.38.